The number of anilines is 1. The van der Waals surface area contributed by atoms with Crippen LogP contribution in [0.2, 0.25) is 0 Å². The van der Waals surface area contributed by atoms with Crippen LogP contribution in [0.3, 0.4) is 0 Å². The lowest BCUT2D eigenvalue weighted by molar-refractivity contribution is -0.117. The molecule has 2 rings (SSSR count). The Morgan fingerprint density at radius 2 is 2.05 bits per heavy atom. The number of hydrogen-bond donors (Lipinski definition) is 1. The topological polar surface area (TPSA) is 32.3 Å². The van der Waals surface area contributed by atoms with Gasteiger partial charge in [-0.1, -0.05) is 17.7 Å². The Bertz CT molecular complexity index is 580. The van der Waals surface area contributed by atoms with Crippen molar-refractivity contribution in [1.82, 2.24) is 4.90 Å². The second-order valence-electron chi connectivity index (χ2n) is 4.82. The van der Waals surface area contributed by atoms with Crippen molar-refractivity contribution in [3.8, 4) is 0 Å². The third-order valence-corrected chi connectivity index (χ3v) is 4.48. The molecule has 0 radical (unpaired) electrons. The molecule has 0 spiro atoms. The first-order chi connectivity index (χ1) is 9.52. The highest BCUT2D eigenvalue weighted by molar-refractivity contribution is 9.10. The smallest absolute Gasteiger partial charge is 0.238 e. The minimum absolute atomic E-state index is 0.00646. The van der Waals surface area contributed by atoms with Crippen LogP contribution < -0.4 is 5.32 Å². The SMILES string of the molecule is Cc1ccc(NC(=O)CN(C)Cc2cc(Br)cs2)cc1. The molecule has 1 heterocycles. The summed E-state index contributed by atoms with van der Waals surface area (Å²) in [7, 11) is 1.95. The van der Waals surface area contributed by atoms with E-state index in [9.17, 15) is 4.79 Å². The quantitative estimate of drug-likeness (QED) is 0.885. The number of aryl methyl sites for hydroxylation is 1. The third-order valence-electron chi connectivity index (χ3n) is 2.80. The number of amides is 1. The number of benzene rings is 1. The summed E-state index contributed by atoms with van der Waals surface area (Å²) in [5.41, 5.74) is 2.02. The Kier molecular flexibility index (Phi) is 5.34. The van der Waals surface area contributed by atoms with E-state index in [2.05, 4.69) is 32.7 Å². The molecule has 1 aromatic heterocycles. The third kappa shape index (κ3) is 4.74. The zero-order valence-electron chi connectivity index (χ0n) is 11.5. The van der Waals surface area contributed by atoms with E-state index in [-0.39, 0.29) is 5.91 Å². The fourth-order valence-corrected chi connectivity index (χ4v) is 3.37. The average Bonchev–Trinajstić information content (AvgIpc) is 2.77. The monoisotopic (exact) mass is 352 g/mol. The molecular weight excluding hydrogens is 336 g/mol. The Morgan fingerprint density at radius 3 is 2.65 bits per heavy atom. The van der Waals surface area contributed by atoms with Crippen LogP contribution in [0.25, 0.3) is 0 Å². The van der Waals surface area contributed by atoms with Crippen molar-refractivity contribution in [2.45, 2.75) is 13.5 Å². The Balaban J connectivity index is 1.83. The summed E-state index contributed by atoms with van der Waals surface area (Å²) < 4.78 is 1.09. The van der Waals surface area contributed by atoms with Crippen LogP contribution >= 0.6 is 27.3 Å². The predicted molar refractivity (Wildman–Crippen MR) is 88.2 cm³/mol. The second kappa shape index (κ2) is 7.02. The van der Waals surface area contributed by atoms with E-state index in [1.807, 2.05) is 43.1 Å². The molecule has 1 aromatic carbocycles. The van der Waals surface area contributed by atoms with Crippen molar-refractivity contribution >= 4 is 38.9 Å². The Labute approximate surface area is 131 Å². The molecule has 0 aliphatic rings. The lowest BCUT2D eigenvalue weighted by Crippen LogP contribution is -2.29. The maximum absolute atomic E-state index is 11.9. The normalized spacial score (nSPS) is 10.8. The zero-order chi connectivity index (χ0) is 14.5. The molecule has 0 unspecified atom stereocenters. The van der Waals surface area contributed by atoms with Gasteiger partial charge in [-0.2, -0.15) is 0 Å². The predicted octanol–water partition coefficient (Wildman–Crippen LogP) is 3.89. The standard InChI is InChI=1S/C15H17BrN2OS/c1-11-3-5-13(6-4-11)17-15(19)9-18(2)8-14-7-12(16)10-20-14/h3-7,10H,8-9H2,1-2H3,(H,17,19). The summed E-state index contributed by atoms with van der Waals surface area (Å²) in [6.07, 6.45) is 0. The summed E-state index contributed by atoms with van der Waals surface area (Å²) in [5.74, 6) is 0.00646. The van der Waals surface area contributed by atoms with Gasteiger partial charge in [-0.25, -0.2) is 0 Å². The summed E-state index contributed by atoms with van der Waals surface area (Å²) in [6, 6.07) is 9.90. The molecule has 106 valence electrons. The molecule has 2 aromatic rings. The van der Waals surface area contributed by atoms with E-state index in [0.717, 1.165) is 16.7 Å². The van der Waals surface area contributed by atoms with Crippen LogP contribution in [-0.4, -0.2) is 24.4 Å². The number of rotatable bonds is 5. The average molecular weight is 353 g/mol. The minimum Gasteiger partial charge on any atom is -0.325 e. The number of thiophene rings is 1. The van der Waals surface area contributed by atoms with Gasteiger partial charge in [-0.15, -0.1) is 11.3 Å². The lowest BCUT2D eigenvalue weighted by Gasteiger charge is -2.15. The van der Waals surface area contributed by atoms with Gasteiger partial charge in [0.2, 0.25) is 5.91 Å². The molecule has 0 bridgehead atoms. The molecule has 0 saturated heterocycles. The van der Waals surface area contributed by atoms with E-state index in [1.165, 1.54) is 10.4 Å². The highest BCUT2D eigenvalue weighted by atomic mass is 79.9. The molecular formula is C15H17BrN2OS. The van der Waals surface area contributed by atoms with Crippen LogP contribution in [0.5, 0.6) is 0 Å². The summed E-state index contributed by atoms with van der Waals surface area (Å²) in [6.45, 7) is 3.18. The lowest BCUT2D eigenvalue weighted by atomic mass is 10.2. The number of halogens is 1. The largest absolute Gasteiger partial charge is 0.325 e. The van der Waals surface area contributed by atoms with E-state index in [1.54, 1.807) is 11.3 Å². The number of likely N-dealkylation sites (N-methyl/N-ethyl adjacent to an activating group) is 1. The number of carbonyl (C=O) groups is 1. The minimum atomic E-state index is 0.00646. The van der Waals surface area contributed by atoms with Gasteiger partial charge in [0.25, 0.3) is 0 Å². The first-order valence-electron chi connectivity index (χ1n) is 6.31. The van der Waals surface area contributed by atoms with Gasteiger partial charge >= 0.3 is 0 Å². The molecule has 1 N–H and O–H groups in total. The number of nitrogens with one attached hydrogen (secondary N) is 1. The van der Waals surface area contributed by atoms with Gasteiger partial charge in [0.15, 0.2) is 0 Å². The molecule has 0 aliphatic carbocycles. The van der Waals surface area contributed by atoms with Crippen LogP contribution in [0.15, 0.2) is 40.2 Å². The van der Waals surface area contributed by atoms with E-state index >= 15 is 0 Å². The van der Waals surface area contributed by atoms with E-state index in [4.69, 9.17) is 0 Å². The first kappa shape index (κ1) is 15.2. The van der Waals surface area contributed by atoms with Gasteiger partial charge in [0.05, 0.1) is 6.54 Å². The van der Waals surface area contributed by atoms with Crippen LogP contribution in [0, 0.1) is 6.92 Å². The van der Waals surface area contributed by atoms with Crippen LogP contribution in [0.1, 0.15) is 10.4 Å². The second-order valence-corrected chi connectivity index (χ2v) is 6.73. The molecule has 0 saturated carbocycles. The number of nitrogens with zero attached hydrogens (tertiary/aromatic N) is 1. The van der Waals surface area contributed by atoms with Crippen LogP contribution in [0.4, 0.5) is 5.69 Å². The zero-order valence-corrected chi connectivity index (χ0v) is 13.9. The Hall–Kier alpha value is -1.17. The summed E-state index contributed by atoms with van der Waals surface area (Å²) in [4.78, 5) is 15.2. The maximum Gasteiger partial charge on any atom is 0.238 e. The molecule has 3 nitrogen and oxygen atoms in total. The van der Waals surface area contributed by atoms with Gasteiger partial charge in [0, 0.05) is 27.0 Å². The number of hydrogen-bond acceptors (Lipinski definition) is 3. The Morgan fingerprint density at radius 1 is 1.35 bits per heavy atom. The van der Waals surface area contributed by atoms with Crippen molar-refractivity contribution in [3.63, 3.8) is 0 Å². The molecule has 5 heteroatoms. The fourth-order valence-electron chi connectivity index (χ4n) is 1.84. The van der Waals surface area contributed by atoms with Gasteiger partial charge < -0.3 is 5.32 Å². The van der Waals surface area contributed by atoms with Crippen molar-refractivity contribution < 1.29 is 4.79 Å². The fraction of sp³-hybridized carbons (Fsp3) is 0.267. The molecule has 0 fully saturated rings. The first-order valence-corrected chi connectivity index (χ1v) is 7.98. The molecule has 20 heavy (non-hydrogen) atoms. The van der Waals surface area contributed by atoms with Gasteiger partial charge in [-0.05, 0) is 48.1 Å². The summed E-state index contributed by atoms with van der Waals surface area (Å²) in [5, 5.41) is 4.96. The maximum atomic E-state index is 11.9. The molecule has 0 aliphatic heterocycles. The van der Waals surface area contributed by atoms with E-state index in [0.29, 0.717) is 6.54 Å². The number of carbonyl (C=O) groups excluding carboxylic acids is 1. The summed E-state index contributed by atoms with van der Waals surface area (Å²) >= 11 is 5.13. The van der Waals surface area contributed by atoms with E-state index < -0.39 is 0 Å². The molecule has 1 amide bonds. The van der Waals surface area contributed by atoms with Crippen molar-refractivity contribution in [2.75, 3.05) is 18.9 Å². The van der Waals surface area contributed by atoms with Gasteiger partial charge in [-0.3, -0.25) is 9.69 Å². The highest BCUT2D eigenvalue weighted by Crippen LogP contribution is 2.20. The van der Waals surface area contributed by atoms with Crippen molar-refractivity contribution in [3.05, 3.63) is 50.6 Å². The van der Waals surface area contributed by atoms with Crippen molar-refractivity contribution in [1.29, 1.82) is 0 Å². The van der Waals surface area contributed by atoms with Crippen molar-refractivity contribution in [2.24, 2.45) is 0 Å². The van der Waals surface area contributed by atoms with Gasteiger partial charge in [0.1, 0.15) is 0 Å². The molecule has 0 atom stereocenters. The van der Waals surface area contributed by atoms with Crippen LogP contribution in [-0.2, 0) is 11.3 Å². The highest BCUT2D eigenvalue weighted by Gasteiger charge is 2.08.